The van der Waals surface area contributed by atoms with Crippen LogP contribution in [0.15, 0.2) is 89.8 Å². The highest BCUT2D eigenvalue weighted by atomic mass is 32.2. The van der Waals surface area contributed by atoms with Crippen molar-refractivity contribution in [1.82, 2.24) is 15.0 Å². The summed E-state index contributed by atoms with van der Waals surface area (Å²) in [6.45, 7) is 0. The number of hydrogen-bond acceptors (Lipinski definition) is 5. The molecule has 0 aliphatic heterocycles. The van der Waals surface area contributed by atoms with Crippen molar-refractivity contribution in [2.45, 2.75) is 17.7 Å². The summed E-state index contributed by atoms with van der Waals surface area (Å²) in [6, 6.07) is 28.8. The second kappa shape index (κ2) is 9.34. The fraction of sp³-hybridized carbons (Fsp3) is 0.125. The number of hydrogen-bond donors (Lipinski definition) is 1. The van der Waals surface area contributed by atoms with Crippen LogP contribution in [0.25, 0.3) is 0 Å². The Morgan fingerprint density at radius 1 is 0.690 bits per heavy atom. The Morgan fingerprint density at radius 2 is 1.28 bits per heavy atom. The summed E-state index contributed by atoms with van der Waals surface area (Å²) in [5.74, 6) is 2.11. The molecular weight excluding hydrogens is 376 g/mol. The topological polar surface area (TPSA) is 50.7 Å². The van der Waals surface area contributed by atoms with Crippen molar-refractivity contribution in [3.05, 3.63) is 108 Å². The van der Waals surface area contributed by atoms with Gasteiger partial charge in [-0.3, -0.25) is 0 Å². The van der Waals surface area contributed by atoms with E-state index in [9.17, 15) is 0 Å². The molecule has 144 valence electrons. The Hall–Kier alpha value is -3.18. The van der Waals surface area contributed by atoms with Crippen molar-refractivity contribution < 1.29 is 0 Å². The lowest BCUT2D eigenvalue weighted by Crippen LogP contribution is -2.08. The lowest BCUT2D eigenvalue weighted by atomic mass is 10.1. The van der Waals surface area contributed by atoms with E-state index >= 15 is 0 Å². The molecule has 4 rings (SSSR count). The first kappa shape index (κ1) is 19.2. The number of rotatable bonds is 7. The predicted molar refractivity (Wildman–Crippen MR) is 120 cm³/mol. The van der Waals surface area contributed by atoms with E-state index in [4.69, 9.17) is 4.98 Å². The van der Waals surface area contributed by atoms with Crippen LogP contribution in [-0.4, -0.2) is 21.2 Å². The number of nitrogens with zero attached hydrogens (tertiary/aromatic N) is 3. The van der Waals surface area contributed by atoms with E-state index in [1.807, 2.05) is 48.5 Å². The monoisotopic (exact) mass is 398 g/mol. The Morgan fingerprint density at radius 3 is 1.83 bits per heavy atom. The Kier molecular flexibility index (Phi) is 6.17. The molecule has 1 N–H and O–H groups in total. The van der Waals surface area contributed by atoms with Crippen molar-refractivity contribution in [3.63, 3.8) is 0 Å². The highest BCUT2D eigenvalue weighted by Gasteiger charge is 2.09. The summed E-state index contributed by atoms with van der Waals surface area (Å²) in [7, 11) is 0. The quantitative estimate of drug-likeness (QED) is 0.416. The van der Waals surface area contributed by atoms with Gasteiger partial charge in [-0.15, -0.1) is 11.8 Å². The SMILES string of the molecule is CSc1cccc(Nc2nc(Cc3ccccc3)nc(Cc3ccccc3)n2)c1. The van der Waals surface area contributed by atoms with E-state index in [1.165, 1.54) is 16.0 Å². The van der Waals surface area contributed by atoms with Gasteiger partial charge in [-0.05, 0) is 35.6 Å². The van der Waals surface area contributed by atoms with Gasteiger partial charge < -0.3 is 5.32 Å². The summed E-state index contributed by atoms with van der Waals surface area (Å²) in [5, 5.41) is 3.36. The zero-order valence-corrected chi connectivity index (χ0v) is 17.1. The fourth-order valence-corrected chi connectivity index (χ4v) is 3.53. The summed E-state index contributed by atoms with van der Waals surface area (Å²) < 4.78 is 0. The summed E-state index contributed by atoms with van der Waals surface area (Å²) in [6.07, 6.45) is 3.41. The molecule has 0 amide bonds. The Bertz CT molecular complexity index is 1010. The molecule has 5 heteroatoms. The minimum absolute atomic E-state index is 0.579. The number of anilines is 2. The van der Waals surface area contributed by atoms with Gasteiger partial charge in [-0.2, -0.15) is 9.97 Å². The van der Waals surface area contributed by atoms with E-state index in [1.54, 1.807) is 11.8 Å². The molecule has 4 aromatic rings. The second-order valence-electron chi connectivity index (χ2n) is 6.67. The highest BCUT2D eigenvalue weighted by molar-refractivity contribution is 7.98. The summed E-state index contributed by atoms with van der Waals surface area (Å²) in [4.78, 5) is 15.3. The van der Waals surface area contributed by atoms with Gasteiger partial charge in [0.25, 0.3) is 0 Å². The summed E-state index contributed by atoms with van der Waals surface area (Å²) in [5.41, 5.74) is 3.33. The van der Waals surface area contributed by atoms with Crippen molar-refractivity contribution >= 4 is 23.4 Å². The van der Waals surface area contributed by atoms with Crippen LogP contribution < -0.4 is 5.32 Å². The lowest BCUT2D eigenvalue weighted by molar-refractivity contribution is 0.856. The molecule has 0 bridgehead atoms. The first-order valence-electron chi connectivity index (χ1n) is 9.51. The van der Waals surface area contributed by atoms with Crippen LogP contribution in [0, 0.1) is 0 Å². The average molecular weight is 399 g/mol. The normalized spacial score (nSPS) is 10.7. The van der Waals surface area contributed by atoms with Crippen molar-refractivity contribution in [2.75, 3.05) is 11.6 Å². The first-order chi connectivity index (χ1) is 14.3. The molecule has 3 aromatic carbocycles. The third kappa shape index (κ3) is 5.42. The van der Waals surface area contributed by atoms with Crippen molar-refractivity contribution in [1.29, 1.82) is 0 Å². The van der Waals surface area contributed by atoms with Gasteiger partial charge in [-0.25, -0.2) is 4.98 Å². The van der Waals surface area contributed by atoms with Crippen LogP contribution in [-0.2, 0) is 12.8 Å². The van der Waals surface area contributed by atoms with Gasteiger partial charge in [0.05, 0.1) is 0 Å². The molecule has 1 aromatic heterocycles. The van der Waals surface area contributed by atoms with Gasteiger partial charge >= 0.3 is 0 Å². The maximum Gasteiger partial charge on any atom is 0.230 e. The van der Waals surface area contributed by atoms with Crippen molar-refractivity contribution in [2.24, 2.45) is 0 Å². The third-order valence-corrected chi connectivity index (χ3v) is 5.19. The molecule has 0 aliphatic carbocycles. The molecule has 0 fully saturated rings. The molecule has 4 nitrogen and oxygen atoms in total. The summed E-state index contributed by atoms with van der Waals surface area (Å²) >= 11 is 1.71. The molecule has 0 saturated heterocycles. The standard InChI is InChI=1S/C24H22N4S/c1-29-21-14-8-13-20(17-21)25-24-27-22(15-18-9-4-2-5-10-18)26-23(28-24)16-19-11-6-3-7-12-19/h2-14,17H,15-16H2,1H3,(H,25,26,27,28). The molecule has 1 heterocycles. The number of benzene rings is 3. The van der Waals surface area contributed by atoms with Gasteiger partial charge in [0.1, 0.15) is 11.6 Å². The van der Waals surface area contributed by atoms with Crippen molar-refractivity contribution in [3.8, 4) is 0 Å². The van der Waals surface area contributed by atoms with Gasteiger partial charge in [0, 0.05) is 23.4 Å². The maximum atomic E-state index is 4.73. The van der Waals surface area contributed by atoms with E-state index < -0.39 is 0 Å². The van der Waals surface area contributed by atoms with Crippen LogP contribution in [0.3, 0.4) is 0 Å². The number of nitrogens with one attached hydrogen (secondary N) is 1. The Labute approximate surface area is 175 Å². The predicted octanol–water partition coefficient (Wildman–Crippen LogP) is 5.52. The molecule has 0 saturated carbocycles. The zero-order valence-electron chi connectivity index (χ0n) is 16.2. The molecule has 0 spiro atoms. The first-order valence-corrected chi connectivity index (χ1v) is 10.7. The lowest BCUT2D eigenvalue weighted by Gasteiger charge is -2.10. The third-order valence-electron chi connectivity index (χ3n) is 4.46. The largest absolute Gasteiger partial charge is 0.324 e. The molecule has 0 atom stereocenters. The number of aromatic nitrogens is 3. The molecule has 0 radical (unpaired) electrons. The zero-order chi connectivity index (χ0) is 19.9. The van der Waals surface area contributed by atoms with E-state index in [2.05, 4.69) is 57.9 Å². The highest BCUT2D eigenvalue weighted by Crippen LogP contribution is 2.21. The smallest absolute Gasteiger partial charge is 0.230 e. The van der Waals surface area contributed by atoms with Crippen LogP contribution in [0.4, 0.5) is 11.6 Å². The molecule has 0 aliphatic rings. The fourth-order valence-electron chi connectivity index (χ4n) is 3.07. The van der Waals surface area contributed by atoms with Crippen LogP contribution in [0.1, 0.15) is 22.8 Å². The minimum Gasteiger partial charge on any atom is -0.324 e. The van der Waals surface area contributed by atoms with Gasteiger partial charge in [-0.1, -0.05) is 66.7 Å². The van der Waals surface area contributed by atoms with E-state index in [0.717, 1.165) is 17.3 Å². The molecular formula is C24H22N4S. The average Bonchev–Trinajstić information content (AvgIpc) is 2.75. The number of thioether (sulfide) groups is 1. The van der Waals surface area contributed by atoms with E-state index in [0.29, 0.717) is 18.8 Å². The molecule has 29 heavy (non-hydrogen) atoms. The van der Waals surface area contributed by atoms with Crippen LogP contribution >= 0.6 is 11.8 Å². The van der Waals surface area contributed by atoms with Crippen LogP contribution in [0.5, 0.6) is 0 Å². The maximum absolute atomic E-state index is 4.73. The van der Waals surface area contributed by atoms with Crippen LogP contribution in [0.2, 0.25) is 0 Å². The Balaban J connectivity index is 1.65. The molecule has 0 unspecified atom stereocenters. The second-order valence-corrected chi connectivity index (χ2v) is 7.55. The van der Waals surface area contributed by atoms with Gasteiger partial charge in [0.15, 0.2) is 0 Å². The minimum atomic E-state index is 0.579. The van der Waals surface area contributed by atoms with E-state index in [-0.39, 0.29) is 0 Å². The van der Waals surface area contributed by atoms with Gasteiger partial charge in [0.2, 0.25) is 5.95 Å².